The Labute approximate surface area is 145 Å². The number of aliphatic hydroxyl groups excluding tert-OH is 1. The summed E-state index contributed by atoms with van der Waals surface area (Å²) in [4.78, 5) is 14.6. The van der Waals surface area contributed by atoms with E-state index in [1.165, 1.54) is 5.56 Å². The standard InChI is InChI=1S/C19H30N2O3/c1-15-6-3-4-7-17(15)14-20-19(23)16(2)21-10-8-18(9-11-21)24-13-5-12-22/h3-4,6-7,16,18,22H,5,8-14H2,1-2H3,(H,20,23). The van der Waals surface area contributed by atoms with Crippen molar-refractivity contribution in [2.45, 2.75) is 51.8 Å². The molecule has 5 heteroatoms. The van der Waals surface area contributed by atoms with Crippen molar-refractivity contribution in [2.24, 2.45) is 0 Å². The third-order valence-electron chi connectivity index (χ3n) is 4.77. The van der Waals surface area contributed by atoms with Crippen LogP contribution in [0, 0.1) is 6.92 Å². The number of nitrogens with zero attached hydrogens (tertiary/aromatic N) is 1. The van der Waals surface area contributed by atoms with Crippen molar-refractivity contribution in [1.82, 2.24) is 10.2 Å². The zero-order valence-electron chi connectivity index (χ0n) is 14.8. The van der Waals surface area contributed by atoms with Gasteiger partial charge < -0.3 is 15.2 Å². The molecule has 2 N–H and O–H groups in total. The van der Waals surface area contributed by atoms with E-state index in [0.717, 1.165) is 31.5 Å². The number of aryl methyl sites for hydroxylation is 1. The van der Waals surface area contributed by atoms with Crippen LogP contribution in [0.2, 0.25) is 0 Å². The number of nitrogens with one attached hydrogen (secondary N) is 1. The van der Waals surface area contributed by atoms with Gasteiger partial charge >= 0.3 is 0 Å². The Hall–Kier alpha value is -1.43. The maximum absolute atomic E-state index is 12.4. The van der Waals surface area contributed by atoms with Crippen LogP contribution in [0.15, 0.2) is 24.3 Å². The van der Waals surface area contributed by atoms with Crippen molar-refractivity contribution in [3.05, 3.63) is 35.4 Å². The Morgan fingerprint density at radius 1 is 1.38 bits per heavy atom. The first kappa shape index (κ1) is 18.9. The molecule has 1 aromatic rings. The quantitative estimate of drug-likeness (QED) is 0.713. The Morgan fingerprint density at radius 2 is 2.08 bits per heavy atom. The van der Waals surface area contributed by atoms with Gasteiger partial charge in [-0.25, -0.2) is 0 Å². The molecule has 1 unspecified atom stereocenters. The van der Waals surface area contributed by atoms with Crippen LogP contribution in [0.4, 0.5) is 0 Å². The van der Waals surface area contributed by atoms with Gasteiger partial charge in [-0.2, -0.15) is 0 Å². The fourth-order valence-corrected chi connectivity index (χ4v) is 3.05. The van der Waals surface area contributed by atoms with Crippen molar-refractivity contribution >= 4 is 5.91 Å². The predicted molar refractivity (Wildman–Crippen MR) is 94.7 cm³/mol. The monoisotopic (exact) mass is 334 g/mol. The third kappa shape index (κ3) is 5.58. The molecule has 24 heavy (non-hydrogen) atoms. The molecular formula is C19H30N2O3. The van der Waals surface area contributed by atoms with Gasteiger partial charge in [0.2, 0.25) is 5.91 Å². The fraction of sp³-hybridized carbons (Fsp3) is 0.632. The van der Waals surface area contributed by atoms with Crippen molar-refractivity contribution in [1.29, 1.82) is 0 Å². The Morgan fingerprint density at radius 3 is 2.75 bits per heavy atom. The van der Waals surface area contributed by atoms with Crippen LogP contribution in [0.3, 0.4) is 0 Å². The molecule has 2 rings (SSSR count). The number of hydrogen-bond donors (Lipinski definition) is 2. The SMILES string of the molecule is Cc1ccccc1CNC(=O)C(C)N1CCC(OCCCO)CC1. The summed E-state index contributed by atoms with van der Waals surface area (Å²) in [6.07, 6.45) is 2.84. The summed E-state index contributed by atoms with van der Waals surface area (Å²) in [6, 6.07) is 8.00. The van der Waals surface area contributed by atoms with Crippen LogP contribution in [0.1, 0.15) is 37.3 Å². The summed E-state index contributed by atoms with van der Waals surface area (Å²) in [5.41, 5.74) is 2.36. The molecule has 134 valence electrons. The zero-order chi connectivity index (χ0) is 17.4. The van der Waals surface area contributed by atoms with Crippen LogP contribution < -0.4 is 5.32 Å². The Kier molecular flexibility index (Phi) is 7.69. The number of likely N-dealkylation sites (tertiary alicyclic amines) is 1. The number of hydrogen-bond acceptors (Lipinski definition) is 4. The summed E-state index contributed by atoms with van der Waals surface area (Å²) in [7, 11) is 0. The summed E-state index contributed by atoms with van der Waals surface area (Å²) >= 11 is 0. The van der Waals surface area contributed by atoms with Crippen molar-refractivity contribution in [3.63, 3.8) is 0 Å². The van der Waals surface area contributed by atoms with Crippen LogP contribution in [0.25, 0.3) is 0 Å². The van der Waals surface area contributed by atoms with Gasteiger partial charge in [-0.05, 0) is 44.2 Å². The van der Waals surface area contributed by atoms with Gasteiger partial charge in [0.05, 0.1) is 12.1 Å². The van der Waals surface area contributed by atoms with E-state index in [-0.39, 0.29) is 24.7 Å². The van der Waals surface area contributed by atoms with Gasteiger partial charge in [0.25, 0.3) is 0 Å². The van der Waals surface area contributed by atoms with Gasteiger partial charge in [0.15, 0.2) is 0 Å². The summed E-state index contributed by atoms with van der Waals surface area (Å²) in [5, 5.41) is 11.8. The molecule has 0 spiro atoms. The molecule has 0 aliphatic carbocycles. The van der Waals surface area contributed by atoms with Gasteiger partial charge in [-0.1, -0.05) is 24.3 Å². The van der Waals surface area contributed by atoms with Crippen LogP contribution >= 0.6 is 0 Å². The molecule has 1 heterocycles. The summed E-state index contributed by atoms with van der Waals surface area (Å²) in [5.74, 6) is 0.0814. The van der Waals surface area contributed by atoms with Gasteiger partial charge in [-0.3, -0.25) is 9.69 Å². The number of benzene rings is 1. The van der Waals surface area contributed by atoms with Gasteiger partial charge in [0.1, 0.15) is 0 Å². The maximum Gasteiger partial charge on any atom is 0.237 e. The number of aliphatic hydroxyl groups is 1. The first-order valence-corrected chi connectivity index (χ1v) is 8.90. The normalized spacial score (nSPS) is 17.6. The lowest BCUT2D eigenvalue weighted by atomic mass is 10.1. The second-order valence-electron chi connectivity index (χ2n) is 6.50. The number of piperidine rings is 1. The minimum Gasteiger partial charge on any atom is -0.396 e. The zero-order valence-corrected chi connectivity index (χ0v) is 14.8. The highest BCUT2D eigenvalue weighted by Gasteiger charge is 2.26. The molecule has 1 aliphatic heterocycles. The van der Waals surface area contributed by atoms with E-state index in [9.17, 15) is 4.79 Å². The Bertz CT molecular complexity index is 513. The van der Waals surface area contributed by atoms with Gasteiger partial charge in [0, 0.05) is 32.8 Å². The first-order valence-electron chi connectivity index (χ1n) is 8.90. The van der Waals surface area contributed by atoms with E-state index in [1.807, 2.05) is 19.1 Å². The fourth-order valence-electron chi connectivity index (χ4n) is 3.05. The van der Waals surface area contributed by atoms with E-state index in [4.69, 9.17) is 9.84 Å². The van der Waals surface area contributed by atoms with Crippen LogP contribution in [-0.4, -0.2) is 54.4 Å². The molecule has 1 atom stereocenters. The maximum atomic E-state index is 12.4. The molecule has 1 saturated heterocycles. The van der Waals surface area contributed by atoms with E-state index >= 15 is 0 Å². The minimum absolute atomic E-state index is 0.0814. The first-order chi connectivity index (χ1) is 11.6. The lowest BCUT2D eigenvalue weighted by Crippen LogP contribution is -2.49. The molecule has 1 aliphatic rings. The van der Waals surface area contributed by atoms with E-state index < -0.39 is 0 Å². The average Bonchev–Trinajstić information content (AvgIpc) is 2.61. The van der Waals surface area contributed by atoms with Crippen molar-refractivity contribution < 1.29 is 14.6 Å². The van der Waals surface area contributed by atoms with Gasteiger partial charge in [-0.15, -0.1) is 0 Å². The van der Waals surface area contributed by atoms with E-state index in [0.29, 0.717) is 19.6 Å². The number of ether oxygens (including phenoxy) is 1. The highest BCUT2D eigenvalue weighted by Crippen LogP contribution is 2.16. The van der Waals surface area contributed by atoms with E-state index in [2.05, 4.69) is 29.3 Å². The van der Waals surface area contributed by atoms with Crippen LogP contribution in [0.5, 0.6) is 0 Å². The molecule has 0 aromatic heterocycles. The van der Waals surface area contributed by atoms with Crippen molar-refractivity contribution in [2.75, 3.05) is 26.3 Å². The summed E-state index contributed by atoms with van der Waals surface area (Å²) < 4.78 is 5.74. The number of carbonyl (C=O) groups is 1. The van der Waals surface area contributed by atoms with Crippen molar-refractivity contribution in [3.8, 4) is 0 Å². The highest BCUT2D eigenvalue weighted by atomic mass is 16.5. The topological polar surface area (TPSA) is 61.8 Å². The molecule has 5 nitrogen and oxygen atoms in total. The lowest BCUT2D eigenvalue weighted by molar-refractivity contribution is -0.127. The minimum atomic E-state index is -0.118. The second kappa shape index (κ2) is 9.77. The molecule has 0 bridgehead atoms. The Balaban J connectivity index is 1.73. The number of carbonyl (C=O) groups excluding carboxylic acids is 1. The molecule has 1 fully saturated rings. The van der Waals surface area contributed by atoms with E-state index in [1.54, 1.807) is 0 Å². The summed E-state index contributed by atoms with van der Waals surface area (Å²) in [6.45, 7) is 7.17. The smallest absolute Gasteiger partial charge is 0.237 e. The average molecular weight is 334 g/mol. The lowest BCUT2D eigenvalue weighted by Gasteiger charge is -2.35. The predicted octanol–water partition coefficient (Wildman–Crippen LogP) is 1.86. The molecule has 0 saturated carbocycles. The molecule has 0 radical (unpaired) electrons. The number of amides is 1. The van der Waals surface area contributed by atoms with Crippen LogP contribution in [-0.2, 0) is 16.1 Å². The third-order valence-corrected chi connectivity index (χ3v) is 4.77. The second-order valence-corrected chi connectivity index (χ2v) is 6.50. The number of rotatable bonds is 8. The molecular weight excluding hydrogens is 304 g/mol. The largest absolute Gasteiger partial charge is 0.396 e. The molecule has 1 amide bonds. The highest BCUT2D eigenvalue weighted by molar-refractivity contribution is 5.81. The molecule has 1 aromatic carbocycles.